The van der Waals surface area contributed by atoms with Crippen LogP contribution in [0.2, 0.25) is 0 Å². The van der Waals surface area contributed by atoms with Crippen LogP contribution in [-0.2, 0) is 40.6 Å². The molecule has 0 saturated carbocycles. The minimum absolute atomic E-state index is 0.0369. The third-order valence-electron chi connectivity index (χ3n) is 6.17. The Labute approximate surface area is 207 Å². The van der Waals surface area contributed by atoms with Crippen LogP contribution in [0.3, 0.4) is 0 Å². The molecule has 0 unspecified atom stereocenters. The molecule has 0 aliphatic carbocycles. The van der Waals surface area contributed by atoms with Crippen molar-refractivity contribution in [2.45, 2.75) is 57.5 Å². The largest absolute Gasteiger partial charge is 0.481 e. The summed E-state index contributed by atoms with van der Waals surface area (Å²) in [7, 11) is 0. The van der Waals surface area contributed by atoms with Crippen LogP contribution in [-0.4, -0.2) is 88.3 Å². The first-order valence-corrected chi connectivity index (χ1v) is 11.6. The summed E-state index contributed by atoms with van der Waals surface area (Å²) in [5.74, 6) is -3.38. The molecule has 0 bridgehead atoms. The minimum atomic E-state index is -2.74. The van der Waals surface area contributed by atoms with E-state index in [1.165, 1.54) is 37.2 Å². The molecule has 3 heterocycles. The number of aliphatic hydroxyl groups is 2. The second-order valence-electron chi connectivity index (χ2n) is 8.85. The summed E-state index contributed by atoms with van der Waals surface area (Å²) in [5.41, 5.74) is 0.0373. The summed E-state index contributed by atoms with van der Waals surface area (Å²) in [6.45, 7) is 5.85. The fraction of sp³-hybridized carbons (Fsp3) is 0.522. The molecule has 36 heavy (non-hydrogen) atoms. The maximum Gasteiger partial charge on any atom is 0.336 e. The van der Waals surface area contributed by atoms with Gasteiger partial charge in [0, 0.05) is 38.4 Å². The molecule has 13 nitrogen and oxygen atoms in total. The van der Waals surface area contributed by atoms with Gasteiger partial charge in [0.25, 0.3) is 0 Å². The van der Waals surface area contributed by atoms with Crippen molar-refractivity contribution in [1.82, 2.24) is 19.7 Å². The van der Waals surface area contributed by atoms with E-state index >= 15 is 0 Å². The Morgan fingerprint density at radius 3 is 2.14 bits per heavy atom. The summed E-state index contributed by atoms with van der Waals surface area (Å²) in [4.78, 5) is 35.4. The van der Waals surface area contributed by atoms with Crippen molar-refractivity contribution >= 4 is 23.6 Å². The van der Waals surface area contributed by atoms with Crippen LogP contribution < -0.4 is 4.90 Å². The Bertz CT molecular complexity index is 1070. The third kappa shape index (κ3) is 6.77. The lowest BCUT2D eigenvalue weighted by molar-refractivity contribution is -0.170. The number of hydrogen-bond acceptors (Lipinski definition) is 9. The number of anilines is 1. The number of carboxylic acid groups (broad SMARTS) is 3. The quantitative estimate of drug-likeness (QED) is 0.310. The van der Waals surface area contributed by atoms with Gasteiger partial charge in [0.2, 0.25) is 0 Å². The number of aromatic nitrogens is 3. The standard InChI is InChI=1S/C17H23N5O.C6H8O7/c23-13-17-19-18-16-12-20(9-10-22(16)17)11-14-5-1-2-6-15(14)21-7-3-4-8-21;7-3(8)1-6(13,5(11)12)2-4(9)10/h1-2,5-6,23H,3-4,7-13H2;13H,1-2H2,(H,7,8)(H,9,10)(H,11,12). The molecule has 5 N–H and O–H groups in total. The summed E-state index contributed by atoms with van der Waals surface area (Å²) >= 11 is 0. The van der Waals surface area contributed by atoms with Gasteiger partial charge >= 0.3 is 17.9 Å². The van der Waals surface area contributed by atoms with Gasteiger partial charge in [0.05, 0.1) is 19.4 Å². The number of carbonyl (C=O) groups is 3. The highest BCUT2D eigenvalue weighted by molar-refractivity contribution is 5.88. The average molecular weight is 506 g/mol. The zero-order valence-electron chi connectivity index (χ0n) is 19.8. The highest BCUT2D eigenvalue weighted by Gasteiger charge is 2.40. The van der Waals surface area contributed by atoms with E-state index in [1.54, 1.807) is 0 Å². The van der Waals surface area contributed by atoms with Gasteiger partial charge in [-0.05, 0) is 24.5 Å². The third-order valence-corrected chi connectivity index (χ3v) is 6.17. The van der Waals surface area contributed by atoms with E-state index in [0.717, 1.165) is 32.0 Å². The predicted molar refractivity (Wildman–Crippen MR) is 125 cm³/mol. The number of aliphatic hydroxyl groups excluding tert-OH is 1. The van der Waals surface area contributed by atoms with Gasteiger partial charge in [-0.1, -0.05) is 18.2 Å². The average Bonchev–Trinajstić information content (AvgIpc) is 3.48. The fourth-order valence-corrected chi connectivity index (χ4v) is 4.39. The van der Waals surface area contributed by atoms with Gasteiger partial charge in [-0.15, -0.1) is 10.2 Å². The first-order valence-electron chi connectivity index (χ1n) is 11.6. The van der Waals surface area contributed by atoms with Crippen molar-refractivity contribution in [3.63, 3.8) is 0 Å². The van der Waals surface area contributed by atoms with Gasteiger partial charge < -0.3 is 35.0 Å². The number of fused-ring (bicyclic) bond motifs is 1. The number of rotatable bonds is 9. The molecule has 2 aliphatic heterocycles. The maximum atomic E-state index is 10.3. The molecular weight excluding hydrogens is 474 g/mol. The monoisotopic (exact) mass is 505 g/mol. The lowest BCUT2D eigenvalue weighted by atomic mass is 9.96. The summed E-state index contributed by atoms with van der Waals surface area (Å²) in [6, 6.07) is 8.76. The second-order valence-corrected chi connectivity index (χ2v) is 8.85. The highest BCUT2D eigenvalue weighted by atomic mass is 16.4. The molecule has 2 aliphatic rings. The number of benzene rings is 1. The second kappa shape index (κ2) is 11.9. The van der Waals surface area contributed by atoms with Crippen molar-refractivity contribution in [2.75, 3.05) is 24.5 Å². The molecule has 2 aromatic rings. The molecule has 196 valence electrons. The summed E-state index contributed by atoms with van der Waals surface area (Å²) in [5, 5.41) is 51.4. The molecule has 1 aromatic heterocycles. The first kappa shape index (κ1) is 27.0. The molecule has 0 atom stereocenters. The van der Waals surface area contributed by atoms with E-state index < -0.39 is 36.4 Å². The van der Waals surface area contributed by atoms with E-state index in [-0.39, 0.29) is 6.61 Å². The van der Waals surface area contributed by atoms with Crippen molar-refractivity contribution in [2.24, 2.45) is 0 Å². The maximum absolute atomic E-state index is 10.3. The lowest BCUT2D eigenvalue weighted by Gasteiger charge is -2.29. The van der Waals surface area contributed by atoms with E-state index in [9.17, 15) is 19.5 Å². The molecule has 0 amide bonds. The van der Waals surface area contributed by atoms with Crippen molar-refractivity contribution in [1.29, 1.82) is 0 Å². The molecule has 1 saturated heterocycles. The smallest absolute Gasteiger partial charge is 0.336 e. The number of hydrogen-bond donors (Lipinski definition) is 5. The Kier molecular flexibility index (Phi) is 8.96. The molecule has 1 aromatic carbocycles. The zero-order chi connectivity index (χ0) is 26.3. The minimum Gasteiger partial charge on any atom is -0.481 e. The van der Waals surface area contributed by atoms with Crippen LogP contribution in [0.25, 0.3) is 0 Å². The molecule has 4 rings (SSSR count). The van der Waals surface area contributed by atoms with E-state index in [0.29, 0.717) is 5.82 Å². The van der Waals surface area contributed by atoms with Crippen molar-refractivity contribution in [3.8, 4) is 0 Å². The van der Waals surface area contributed by atoms with Crippen LogP contribution in [0.15, 0.2) is 24.3 Å². The van der Waals surface area contributed by atoms with Gasteiger partial charge in [-0.25, -0.2) is 4.79 Å². The highest BCUT2D eigenvalue weighted by Crippen LogP contribution is 2.26. The molecule has 1 fully saturated rings. The first-order chi connectivity index (χ1) is 17.1. The Hall–Kier alpha value is -3.55. The summed E-state index contributed by atoms with van der Waals surface area (Å²) < 4.78 is 2.04. The number of carboxylic acids is 3. The normalized spacial score (nSPS) is 15.7. The number of para-hydroxylation sites is 1. The molecule has 13 heteroatoms. The van der Waals surface area contributed by atoms with Crippen LogP contribution in [0, 0.1) is 0 Å². The SMILES string of the molecule is O=C(O)CC(O)(CC(=O)O)C(=O)O.OCc1nnc2n1CCN(Cc1ccccc1N1CCCC1)C2. The van der Waals surface area contributed by atoms with Crippen LogP contribution in [0.1, 0.15) is 42.9 Å². The molecule has 0 spiro atoms. The Balaban J connectivity index is 0.000000240. The number of aliphatic carboxylic acids is 3. The van der Waals surface area contributed by atoms with Crippen LogP contribution in [0.4, 0.5) is 5.69 Å². The van der Waals surface area contributed by atoms with Gasteiger partial charge in [0.1, 0.15) is 12.4 Å². The fourth-order valence-electron chi connectivity index (χ4n) is 4.39. The van der Waals surface area contributed by atoms with Crippen LogP contribution >= 0.6 is 0 Å². The Morgan fingerprint density at radius 2 is 1.56 bits per heavy atom. The molecule has 0 radical (unpaired) electrons. The topological polar surface area (TPSA) is 190 Å². The van der Waals surface area contributed by atoms with E-state index in [4.69, 9.17) is 20.4 Å². The van der Waals surface area contributed by atoms with Crippen molar-refractivity contribution < 1.29 is 39.9 Å². The van der Waals surface area contributed by atoms with Gasteiger partial charge in [-0.2, -0.15) is 0 Å². The number of nitrogens with zero attached hydrogens (tertiary/aromatic N) is 5. The van der Waals surface area contributed by atoms with E-state index in [2.05, 4.69) is 44.3 Å². The lowest BCUT2D eigenvalue weighted by Crippen LogP contribution is -2.42. The predicted octanol–water partition coefficient (Wildman–Crippen LogP) is 0.138. The van der Waals surface area contributed by atoms with Gasteiger partial charge in [0.15, 0.2) is 11.4 Å². The zero-order valence-corrected chi connectivity index (χ0v) is 19.8. The van der Waals surface area contributed by atoms with Gasteiger partial charge in [-0.3, -0.25) is 14.5 Å². The van der Waals surface area contributed by atoms with E-state index in [1.807, 2.05) is 4.57 Å². The summed E-state index contributed by atoms with van der Waals surface area (Å²) in [6.07, 6.45) is 0.305. The van der Waals surface area contributed by atoms with Crippen molar-refractivity contribution in [3.05, 3.63) is 41.5 Å². The Morgan fingerprint density at radius 1 is 0.917 bits per heavy atom. The van der Waals surface area contributed by atoms with Crippen LogP contribution in [0.5, 0.6) is 0 Å². The molecular formula is C23H31N5O8.